The molecule has 24 heavy (non-hydrogen) atoms. The van der Waals surface area contributed by atoms with Crippen LogP contribution in [0.15, 0.2) is 42.5 Å². The third kappa shape index (κ3) is 5.00. The van der Waals surface area contributed by atoms with Gasteiger partial charge in [0.2, 0.25) is 5.91 Å². The van der Waals surface area contributed by atoms with E-state index in [1.807, 2.05) is 6.07 Å². The number of hydrogen-bond donors (Lipinski definition) is 2. The summed E-state index contributed by atoms with van der Waals surface area (Å²) in [6.45, 7) is 1.24. The number of benzene rings is 2. The summed E-state index contributed by atoms with van der Waals surface area (Å²) in [5.41, 5.74) is 1.46. The maximum absolute atomic E-state index is 11.9. The molecule has 0 spiro atoms. The summed E-state index contributed by atoms with van der Waals surface area (Å²) >= 11 is 5.90. The number of halogens is 1. The highest BCUT2D eigenvalue weighted by Gasteiger charge is 2.06. The average Bonchev–Trinajstić information content (AvgIpc) is 2.54. The Balaban J connectivity index is 1.88. The first kappa shape index (κ1) is 17.3. The molecular formula is C17H14ClN3O3. The molecule has 0 aliphatic heterocycles. The molecule has 2 aromatic carbocycles. The first-order valence-corrected chi connectivity index (χ1v) is 7.35. The maximum Gasteiger partial charge on any atom is 0.262 e. The molecule has 0 atom stereocenters. The molecule has 122 valence electrons. The molecule has 2 N–H and O–H groups in total. The van der Waals surface area contributed by atoms with Crippen LogP contribution in [0.5, 0.6) is 5.75 Å². The Morgan fingerprint density at radius 1 is 1.12 bits per heavy atom. The van der Waals surface area contributed by atoms with Crippen LogP contribution in [0.4, 0.5) is 11.4 Å². The number of nitriles is 1. The van der Waals surface area contributed by atoms with Gasteiger partial charge in [-0.05, 0) is 42.5 Å². The molecule has 2 amide bonds. The van der Waals surface area contributed by atoms with Crippen LogP contribution in [0, 0.1) is 11.3 Å². The highest BCUT2D eigenvalue weighted by Crippen LogP contribution is 2.20. The van der Waals surface area contributed by atoms with E-state index in [4.69, 9.17) is 21.6 Å². The molecule has 7 heteroatoms. The largest absolute Gasteiger partial charge is 0.484 e. The number of anilines is 2. The fourth-order valence-electron chi connectivity index (χ4n) is 1.87. The van der Waals surface area contributed by atoms with Gasteiger partial charge >= 0.3 is 0 Å². The Hall–Kier alpha value is -3.04. The first-order valence-electron chi connectivity index (χ1n) is 6.98. The Labute approximate surface area is 144 Å². The third-order valence-electron chi connectivity index (χ3n) is 2.92. The van der Waals surface area contributed by atoms with Crippen molar-refractivity contribution in [1.82, 2.24) is 0 Å². The van der Waals surface area contributed by atoms with Gasteiger partial charge < -0.3 is 15.4 Å². The van der Waals surface area contributed by atoms with Gasteiger partial charge in [-0.25, -0.2) is 0 Å². The minimum absolute atomic E-state index is 0.163. The van der Waals surface area contributed by atoms with Crippen LogP contribution in [0.25, 0.3) is 0 Å². The van der Waals surface area contributed by atoms with Crippen molar-refractivity contribution in [3.8, 4) is 11.8 Å². The van der Waals surface area contributed by atoms with E-state index in [2.05, 4.69) is 10.6 Å². The molecule has 0 heterocycles. The van der Waals surface area contributed by atoms with Gasteiger partial charge in [-0.2, -0.15) is 5.26 Å². The van der Waals surface area contributed by atoms with Gasteiger partial charge in [-0.1, -0.05) is 11.6 Å². The molecule has 6 nitrogen and oxygen atoms in total. The SMILES string of the molecule is CC(=O)Nc1ccc(OCC(=O)Nc2ccc(C#N)c(Cl)c2)cc1. The Bertz CT molecular complexity index is 798. The summed E-state index contributed by atoms with van der Waals surface area (Å²) in [6.07, 6.45) is 0. The van der Waals surface area contributed by atoms with E-state index in [9.17, 15) is 9.59 Å². The van der Waals surface area contributed by atoms with E-state index in [-0.39, 0.29) is 23.4 Å². The summed E-state index contributed by atoms with van der Waals surface area (Å²) in [5.74, 6) is -0.0250. The second kappa shape index (κ2) is 7.99. The predicted molar refractivity (Wildman–Crippen MR) is 91.0 cm³/mol. The fraction of sp³-hybridized carbons (Fsp3) is 0.118. The molecule has 0 bridgehead atoms. The van der Waals surface area contributed by atoms with E-state index < -0.39 is 0 Å². The van der Waals surface area contributed by atoms with Crippen LogP contribution in [-0.4, -0.2) is 18.4 Å². The van der Waals surface area contributed by atoms with Crippen molar-refractivity contribution in [2.24, 2.45) is 0 Å². The van der Waals surface area contributed by atoms with Crippen LogP contribution in [-0.2, 0) is 9.59 Å². The monoisotopic (exact) mass is 343 g/mol. The number of nitrogens with one attached hydrogen (secondary N) is 2. The molecule has 0 aromatic heterocycles. The van der Waals surface area contributed by atoms with Gasteiger partial charge in [-0.3, -0.25) is 9.59 Å². The molecule has 0 saturated heterocycles. The molecule has 0 radical (unpaired) electrons. The summed E-state index contributed by atoms with van der Waals surface area (Å²) in [5, 5.41) is 14.3. The highest BCUT2D eigenvalue weighted by molar-refractivity contribution is 6.32. The van der Waals surface area contributed by atoms with Gasteiger partial charge in [0.1, 0.15) is 11.8 Å². The summed E-state index contributed by atoms with van der Waals surface area (Å²) in [6, 6.07) is 13.2. The van der Waals surface area contributed by atoms with E-state index >= 15 is 0 Å². The minimum Gasteiger partial charge on any atom is -0.484 e. The number of carbonyl (C=O) groups is 2. The van der Waals surface area contributed by atoms with Gasteiger partial charge in [0, 0.05) is 18.3 Å². The van der Waals surface area contributed by atoms with E-state index in [1.54, 1.807) is 30.3 Å². The molecule has 0 aliphatic carbocycles. The van der Waals surface area contributed by atoms with Gasteiger partial charge in [0.15, 0.2) is 6.61 Å². The molecule has 0 unspecified atom stereocenters. The van der Waals surface area contributed by atoms with Crippen molar-refractivity contribution in [2.45, 2.75) is 6.92 Å². The zero-order valence-electron chi connectivity index (χ0n) is 12.8. The smallest absolute Gasteiger partial charge is 0.262 e. The predicted octanol–water partition coefficient (Wildman–Crippen LogP) is 3.19. The van der Waals surface area contributed by atoms with Crippen LogP contribution in [0.1, 0.15) is 12.5 Å². The van der Waals surface area contributed by atoms with Crippen LogP contribution in [0.3, 0.4) is 0 Å². The molecule has 0 fully saturated rings. The molecule has 0 saturated carbocycles. The Kier molecular flexibility index (Phi) is 5.77. The number of hydrogen-bond acceptors (Lipinski definition) is 4. The highest BCUT2D eigenvalue weighted by atomic mass is 35.5. The third-order valence-corrected chi connectivity index (χ3v) is 3.23. The first-order chi connectivity index (χ1) is 11.5. The van der Waals surface area contributed by atoms with Crippen LogP contribution >= 0.6 is 11.6 Å². The summed E-state index contributed by atoms with van der Waals surface area (Å²) in [7, 11) is 0. The zero-order chi connectivity index (χ0) is 17.5. The van der Waals surface area contributed by atoms with Crippen molar-refractivity contribution in [1.29, 1.82) is 5.26 Å². The van der Waals surface area contributed by atoms with Gasteiger partial charge in [0.05, 0.1) is 10.6 Å². The Morgan fingerprint density at radius 3 is 2.38 bits per heavy atom. The van der Waals surface area contributed by atoms with Crippen molar-refractivity contribution in [3.05, 3.63) is 53.1 Å². The lowest BCUT2D eigenvalue weighted by Gasteiger charge is -2.09. The maximum atomic E-state index is 11.9. The van der Waals surface area contributed by atoms with Gasteiger partial charge in [-0.15, -0.1) is 0 Å². The normalized spacial score (nSPS) is 9.71. The lowest BCUT2D eigenvalue weighted by molar-refractivity contribution is -0.118. The van der Waals surface area contributed by atoms with Crippen molar-refractivity contribution in [2.75, 3.05) is 17.2 Å². The average molecular weight is 344 g/mol. The number of carbonyl (C=O) groups excluding carboxylic acids is 2. The topological polar surface area (TPSA) is 91.2 Å². The lowest BCUT2D eigenvalue weighted by Crippen LogP contribution is -2.20. The second-order valence-corrected chi connectivity index (χ2v) is 5.26. The number of nitrogens with zero attached hydrogens (tertiary/aromatic N) is 1. The number of rotatable bonds is 5. The van der Waals surface area contributed by atoms with Crippen molar-refractivity contribution in [3.63, 3.8) is 0 Å². The fourth-order valence-corrected chi connectivity index (χ4v) is 2.09. The van der Waals surface area contributed by atoms with Crippen molar-refractivity contribution < 1.29 is 14.3 Å². The molecular weight excluding hydrogens is 330 g/mol. The summed E-state index contributed by atoms with van der Waals surface area (Å²) in [4.78, 5) is 22.8. The standard InChI is InChI=1S/C17H14ClN3O3/c1-11(22)20-13-4-6-15(7-5-13)24-10-17(23)21-14-3-2-12(9-19)16(18)8-14/h2-8H,10H2,1H3,(H,20,22)(H,21,23). The van der Waals surface area contributed by atoms with Crippen LogP contribution < -0.4 is 15.4 Å². The van der Waals surface area contributed by atoms with Crippen molar-refractivity contribution >= 4 is 34.8 Å². The number of amides is 2. The van der Waals surface area contributed by atoms with Crippen LogP contribution in [0.2, 0.25) is 5.02 Å². The molecule has 0 aliphatic rings. The van der Waals surface area contributed by atoms with E-state index in [0.29, 0.717) is 22.7 Å². The summed E-state index contributed by atoms with van der Waals surface area (Å²) < 4.78 is 5.37. The van der Waals surface area contributed by atoms with E-state index in [0.717, 1.165) is 0 Å². The second-order valence-electron chi connectivity index (χ2n) is 4.85. The molecule has 2 rings (SSSR count). The quantitative estimate of drug-likeness (QED) is 0.872. The minimum atomic E-state index is -0.360. The zero-order valence-corrected chi connectivity index (χ0v) is 13.6. The number of ether oxygens (including phenoxy) is 1. The van der Waals surface area contributed by atoms with E-state index in [1.165, 1.54) is 19.1 Å². The Morgan fingerprint density at radius 2 is 1.79 bits per heavy atom. The van der Waals surface area contributed by atoms with Gasteiger partial charge in [0.25, 0.3) is 5.91 Å². The molecule has 2 aromatic rings. The lowest BCUT2D eigenvalue weighted by atomic mass is 10.2.